The third-order valence-corrected chi connectivity index (χ3v) is 6.22. The van der Waals surface area contributed by atoms with Gasteiger partial charge in [-0.15, -0.1) is 0 Å². The molecule has 7 nitrogen and oxygen atoms in total. The lowest BCUT2D eigenvalue weighted by molar-refractivity contribution is -0.122. The lowest BCUT2D eigenvalue weighted by Gasteiger charge is -2.32. The molecule has 1 saturated heterocycles. The zero-order chi connectivity index (χ0) is 23.9. The molecule has 0 spiro atoms. The predicted molar refractivity (Wildman–Crippen MR) is 128 cm³/mol. The highest BCUT2D eigenvalue weighted by Crippen LogP contribution is 2.21. The van der Waals surface area contributed by atoms with E-state index >= 15 is 0 Å². The van der Waals surface area contributed by atoms with Crippen molar-refractivity contribution in [2.24, 2.45) is 0 Å². The first-order chi connectivity index (χ1) is 16.5. The van der Waals surface area contributed by atoms with Crippen molar-refractivity contribution in [2.45, 2.75) is 31.3 Å². The Morgan fingerprint density at radius 1 is 0.971 bits per heavy atom. The number of carbonyl (C=O) groups excluding carboxylic acids is 3. The molecule has 2 heterocycles. The van der Waals surface area contributed by atoms with Gasteiger partial charge in [0.1, 0.15) is 0 Å². The van der Waals surface area contributed by atoms with Crippen LogP contribution in [0.3, 0.4) is 0 Å². The van der Waals surface area contributed by atoms with Gasteiger partial charge in [-0.3, -0.25) is 14.4 Å². The lowest BCUT2D eigenvalue weighted by Crippen LogP contribution is -2.47. The first-order valence-electron chi connectivity index (χ1n) is 11.2. The summed E-state index contributed by atoms with van der Waals surface area (Å²) in [6.45, 7) is 1.08. The molecule has 1 aromatic heterocycles. The molecule has 1 unspecified atom stereocenters. The first-order valence-corrected chi connectivity index (χ1v) is 11.6. The van der Waals surface area contributed by atoms with Crippen LogP contribution >= 0.6 is 11.6 Å². The molecule has 3 aromatic rings. The molecule has 0 aliphatic carbocycles. The first kappa shape index (κ1) is 23.6. The summed E-state index contributed by atoms with van der Waals surface area (Å²) in [5, 5.41) is 6.36. The second-order valence-corrected chi connectivity index (χ2v) is 8.64. The van der Waals surface area contributed by atoms with Crippen LogP contribution in [-0.2, 0) is 4.79 Å². The van der Waals surface area contributed by atoms with Gasteiger partial charge < -0.3 is 20.0 Å². The van der Waals surface area contributed by atoms with Crippen LogP contribution in [0.1, 0.15) is 51.8 Å². The van der Waals surface area contributed by atoms with E-state index in [0.29, 0.717) is 42.3 Å². The summed E-state index contributed by atoms with van der Waals surface area (Å²) in [5.41, 5.74) is 1.19. The fourth-order valence-electron chi connectivity index (χ4n) is 4.07. The lowest BCUT2D eigenvalue weighted by atomic mass is 10.0. The van der Waals surface area contributed by atoms with Crippen molar-refractivity contribution in [3.63, 3.8) is 0 Å². The van der Waals surface area contributed by atoms with Crippen molar-refractivity contribution in [3.05, 3.63) is 94.9 Å². The van der Waals surface area contributed by atoms with Crippen LogP contribution in [0.15, 0.2) is 77.4 Å². The molecule has 0 bridgehead atoms. The Kier molecular flexibility index (Phi) is 7.65. The Labute approximate surface area is 203 Å². The van der Waals surface area contributed by atoms with Gasteiger partial charge in [0.25, 0.3) is 11.8 Å². The number of hydrogen-bond acceptors (Lipinski definition) is 4. The number of nitrogens with zero attached hydrogens (tertiary/aromatic N) is 1. The van der Waals surface area contributed by atoms with Crippen LogP contribution in [-0.4, -0.2) is 41.8 Å². The van der Waals surface area contributed by atoms with Crippen molar-refractivity contribution in [1.29, 1.82) is 0 Å². The van der Waals surface area contributed by atoms with E-state index in [4.69, 9.17) is 16.0 Å². The SMILES string of the molecule is O=C(CC(NC(=O)c1ccccc1Cl)c1ccccc1)NC1CCN(C(=O)c2ccco2)CC1. The third-order valence-electron chi connectivity index (χ3n) is 5.89. The summed E-state index contributed by atoms with van der Waals surface area (Å²) in [6, 6.07) is 19.0. The molecule has 1 atom stereocenters. The number of hydrogen-bond donors (Lipinski definition) is 2. The zero-order valence-corrected chi connectivity index (χ0v) is 19.3. The highest BCUT2D eigenvalue weighted by atomic mass is 35.5. The van der Waals surface area contributed by atoms with Gasteiger partial charge in [0.2, 0.25) is 5.91 Å². The average molecular weight is 480 g/mol. The molecular formula is C26H26ClN3O4. The summed E-state index contributed by atoms with van der Waals surface area (Å²) < 4.78 is 5.19. The van der Waals surface area contributed by atoms with Crippen LogP contribution in [0.2, 0.25) is 5.02 Å². The maximum Gasteiger partial charge on any atom is 0.289 e. The average Bonchev–Trinajstić information content (AvgIpc) is 3.39. The van der Waals surface area contributed by atoms with E-state index in [0.717, 1.165) is 5.56 Å². The minimum atomic E-state index is -0.509. The number of halogens is 1. The number of likely N-dealkylation sites (tertiary alicyclic amines) is 1. The van der Waals surface area contributed by atoms with Gasteiger partial charge in [-0.1, -0.05) is 54.1 Å². The Balaban J connectivity index is 1.35. The Morgan fingerprint density at radius 2 is 1.68 bits per heavy atom. The van der Waals surface area contributed by atoms with Gasteiger partial charge in [-0.25, -0.2) is 0 Å². The molecule has 8 heteroatoms. The topological polar surface area (TPSA) is 91.7 Å². The summed E-state index contributed by atoms with van der Waals surface area (Å²) in [4.78, 5) is 39.9. The van der Waals surface area contributed by atoms with E-state index < -0.39 is 6.04 Å². The van der Waals surface area contributed by atoms with Gasteiger partial charge in [0.15, 0.2) is 5.76 Å². The molecule has 0 radical (unpaired) electrons. The number of carbonyl (C=O) groups is 3. The van der Waals surface area contributed by atoms with Crippen LogP contribution in [0, 0.1) is 0 Å². The molecule has 176 valence electrons. The molecule has 0 saturated carbocycles. The van der Waals surface area contributed by atoms with Gasteiger partial charge in [0, 0.05) is 19.1 Å². The molecule has 1 fully saturated rings. The van der Waals surface area contributed by atoms with Gasteiger partial charge in [0.05, 0.1) is 29.3 Å². The number of nitrogens with one attached hydrogen (secondary N) is 2. The minimum absolute atomic E-state index is 0.0381. The standard InChI is InChI=1S/C26H26ClN3O4/c27-21-10-5-4-9-20(21)25(32)29-22(18-7-2-1-3-8-18)17-24(31)28-19-12-14-30(15-13-19)26(33)23-11-6-16-34-23/h1-11,16,19,22H,12-15,17H2,(H,28,31)(H,29,32). The summed E-state index contributed by atoms with van der Waals surface area (Å²) in [6.07, 6.45) is 2.87. The van der Waals surface area contributed by atoms with Crippen molar-refractivity contribution in [3.8, 4) is 0 Å². The smallest absolute Gasteiger partial charge is 0.289 e. The Hall–Kier alpha value is -3.58. The second kappa shape index (κ2) is 11.0. The third kappa shape index (κ3) is 5.85. The highest BCUT2D eigenvalue weighted by Gasteiger charge is 2.27. The van der Waals surface area contributed by atoms with Crippen molar-refractivity contribution in [2.75, 3.05) is 13.1 Å². The van der Waals surface area contributed by atoms with E-state index in [9.17, 15) is 14.4 Å². The fourth-order valence-corrected chi connectivity index (χ4v) is 4.30. The van der Waals surface area contributed by atoms with Gasteiger partial charge in [-0.2, -0.15) is 0 Å². The highest BCUT2D eigenvalue weighted by molar-refractivity contribution is 6.33. The monoisotopic (exact) mass is 479 g/mol. The van der Waals surface area contributed by atoms with E-state index in [-0.39, 0.29) is 30.2 Å². The fraction of sp³-hybridized carbons (Fsp3) is 0.269. The normalized spacial score (nSPS) is 14.9. The van der Waals surface area contributed by atoms with Crippen LogP contribution < -0.4 is 10.6 Å². The number of piperidine rings is 1. The number of amides is 3. The van der Waals surface area contributed by atoms with E-state index in [1.165, 1.54) is 6.26 Å². The van der Waals surface area contributed by atoms with Crippen LogP contribution in [0.4, 0.5) is 0 Å². The van der Waals surface area contributed by atoms with Crippen molar-refractivity contribution in [1.82, 2.24) is 15.5 Å². The molecule has 3 amide bonds. The number of furan rings is 1. The maximum atomic E-state index is 12.9. The molecule has 1 aliphatic heterocycles. The Bertz CT molecular complexity index is 1130. The van der Waals surface area contributed by atoms with E-state index in [1.54, 1.807) is 41.3 Å². The van der Waals surface area contributed by atoms with Gasteiger partial charge >= 0.3 is 0 Å². The molecule has 2 aromatic carbocycles. The van der Waals surface area contributed by atoms with Crippen LogP contribution in [0.25, 0.3) is 0 Å². The van der Waals surface area contributed by atoms with Crippen molar-refractivity contribution < 1.29 is 18.8 Å². The van der Waals surface area contributed by atoms with Crippen molar-refractivity contribution >= 4 is 29.3 Å². The predicted octanol–water partition coefficient (Wildman–Crippen LogP) is 4.22. The Morgan fingerprint density at radius 3 is 2.35 bits per heavy atom. The number of rotatable bonds is 7. The summed E-state index contributed by atoms with van der Waals surface area (Å²) in [5.74, 6) is -0.315. The van der Waals surface area contributed by atoms with Crippen LogP contribution in [0.5, 0.6) is 0 Å². The number of benzene rings is 2. The zero-order valence-electron chi connectivity index (χ0n) is 18.6. The second-order valence-electron chi connectivity index (χ2n) is 8.23. The maximum absolute atomic E-state index is 12.9. The molecule has 34 heavy (non-hydrogen) atoms. The summed E-state index contributed by atoms with van der Waals surface area (Å²) >= 11 is 6.18. The van der Waals surface area contributed by atoms with E-state index in [2.05, 4.69) is 10.6 Å². The molecule has 2 N–H and O–H groups in total. The summed E-state index contributed by atoms with van der Waals surface area (Å²) in [7, 11) is 0. The van der Waals surface area contributed by atoms with Gasteiger partial charge in [-0.05, 0) is 42.7 Å². The largest absolute Gasteiger partial charge is 0.459 e. The molecule has 1 aliphatic rings. The van der Waals surface area contributed by atoms with E-state index in [1.807, 2.05) is 30.3 Å². The minimum Gasteiger partial charge on any atom is -0.459 e. The quantitative estimate of drug-likeness (QED) is 0.531. The molecule has 4 rings (SSSR count). The molecular weight excluding hydrogens is 454 g/mol.